The van der Waals surface area contributed by atoms with Gasteiger partial charge in [-0.15, -0.1) is 0 Å². The first-order valence-electron chi connectivity index (χ1n) is 9.91. The summed E-state index contributed by atoms with van der Waals surface area (Å²) in [5.41, 5.74) is 0.877. The molecule has 0 aliphatic carbocycles. The minimum Gasteiger partial charge on any atom is -0.493 e. The summed E-state index contributed by atoms with van der Waals surface area (Å²) in [6.07, 6.45) is 0.879. The number of methoxy groups -OCH3 is 2. The van der Waals surface area contributed by atoms with E-state index < -0.39 is 10.0 Å². The van der Waals surface area contributed by atoms with Crippen LogP contribution >= 0.6 is 0 Å². The Bertz CT molecular complexity index is 974. The highest BCUT2D eigenvalue weighted by Gasteiger charge is 2.23. The van der Waals surface area contributed by atoms with E-state index in [4.69, 9.17) is 14.2 Å². The van der Waals surface area contributed by atoms with Crippen LogP contribution in [0.5, 0.6) is 11.5 Å². The van der Waals surface area contributed by atoms with E-state index in [1.165, 1.54) is 33.4 Å². The molecule has 0 radical (unpaired) electrons. The maximum absolute atomic E-state index is 13.0. The average molecular weight is 451 g/mol. The zero-order chi connectivity index (χ0) is 23.0. The molecule has 0 atom stereocenters. The van der Waals surface area contributed by atoms with Gasteiger partial charge in [-0.25, -0.2) is 8.42 Å². The number of sulfonamides is 1. The van der Waals surface area contributed by atoms with Crippen molar-refractivity contribution in [2.24, 2.45) is 0 Å². The van der Waals surface area contributed by atoms with Crippen molar-refractivity contribution in [1.82, 2.24) is 5.32 Å². The molecule has 170 valence electrons. The third-order valence-corrected chi connectivity index (χ3v) is 6.35. The van der Waals surface area contributed by atoms with Crippen molar-refractivity contribution < 1.29 is 27.4 Å². The quantitative estimate of drug-likeness (QED) is 0.529. The number of amides is 1. The van der Waals surface area contributed by atoms with Crippen LogP contribution in [0.25, 0.3) is 0 Å². The fraction of sp³-hybridized carbons (Fsp3) is 0.409. The van der Waals surface area contributed by atoms with Crippen molar-refractivity contribution in [3.63, 3.8) is 0 Å². The molecule has 2 rings (SSSR count). The monoisotopic (exact) mass is 450 g/mol. The van der Waals surface area contributed by atoms with Crippen molar-refractivity contribution in [3.05, 3.63) is 48.0 Å². The molecule has 0 unspecified atom stereocenters. The van der Waals surface area contributed by atoms with E-state index in [0.717, 1.165) is 4.31 Å². The standard InChI is InChI=1S/C22H30N2O6S/c1-16(2)30-14-6-13-23-22(25)17-7-9-18(10-8-17)24(3)31(26,27)19-11-12-20(28-4)21(15-19)29-5/h7-12,15-16H,6,13-14H2,1-5H3,(H,23,25). The Morgan fingerprint density at radius 2 is 1.68 bits per heavy atom. The molecule has 0 saturated carbocycles. The Balaban J connectivity index is 2.07. The summed E-state index contributed by atoms with van der Waals surface area (Å²) in [6, 6.07) is 10.8. The van der Waals surface area contributed by atoms with Crippen molar-refractivity contribution >= 4 is 21.6 Å². The van der Waals surface area contributed by atoms with Crippen molar-refractivity contribution in [2.45, 2.75) is 31.3 Å². The first-order chi connectivity index (χ1) is 14.7. The van der Waals surface area contributed by atoms with Crippen molar-refractivity contribution in [3.8, 4) is 11.5 Å². The van der Waals surface area contributed by atoms with E-state index in [9.17, 15) is 13.2 Å². The van der Waals surface area contributed by atoms with Crippen LogP contribution in [-0.2, 0) is 14.8 Å². The second-order valence-electron chi connectivity index (χ2n) is 7.07. The minimum atomic E-state index is -3.83. The molecular formula is C22H30N2O6S. The number of carbonyl (C=O) groups is 1. The average Bonchev–Trinajstić information content (AvgIpc) is 2.77. The third kappa shape index (κ3) is 6.35. The summed E-state index contributed by atoms with van der Waals surface area (Å²) in [7, 11) is 0.552. The van der Waals surface area contributed by atoms with Gasteiger partial charge in [-0.2, -0.15) is 0 Å². The topological polar surface area (TPSA) is 94.2 Å². The number of benzene rings is 2. The van der Waals surface area contributed by atoms with Gasteiger partial charge in [-0.1, -0.05) is 0 Å². The summed E-state index contributed by atoms with van der Waals surface area (Å²) in [5.74, 6) is 0.541. The van der Waals surface area contributed by atoms with Crippen molar-refractivity contribution in [2.75, 3.05) is 38.7 Å². The van der Waals surface area contributed by atoms with E-state index in [-0.39, 0.29) is 16.9 Å². The fourth-order valence-electron chi connectivity index (χ4n) is 2.79. The van der Waals surface area contributed by atoms with Gasteiger partial charge >= 0.3 is 0 Å². The Morgan fingerprint density at radius 1 is 1.03 bits per heavy atom. The fourth-order valence-corrected chi connectivity index (χ4v) is 4.00. The smallest absolute Gasteiger partial charge is 0.264 e. The molecular weight excluding hydrogens is 420 g/mol. The van der Waals surface area contributed by atoms with Gasteiger partial charge in [0.1, 0.15) is 0 Å². The van der Waals surface area contributed by atoms with Gasteiger partial charge in [0.25, 0.3) is 15.9 Å². The summed E-state index contributed by atoms with van der Waals surface area (Å²) in [5, 5.41) is 2.82. The van der Waals surface area contributed by atoms with E-state index in [1.807, 2.05) is 13.8 Å². The van der Waals surface area contributed by atoms with Crippen LogP contribution in [0, 0.1) is 0 Å². The summed E-state index contributed by atoms with van der Waals surface area (Å²) >= 11 is 0. The molecule has 1 N–H and O–H groups in total. The number of rotatable bonds is 11. The van der Waals surface area contributed by atoms with Gasteiger partial charge < -0.3 is 19.5 Å². The molecule has 0 heterocycles. The molecule has 0 aliphatic rings. The zero-order valence-corrected chi connectivity index (χ0v) is 19.4. The molecule has 0 aromatic heterocycles. The number of hydrogen-bond acceptors (Lipinski definition) is 6. The molecule has 0 spiro atoms. The maximum Gasteiger partial charge on any atom is 0.264 e. The number of nitrogens with one attached hydrogen (secondary N) is 1. The Morgan fingerprint density at radius 3 is 2.26 bits per heavy atom. The highest BCUT2D eigenvalue weighted by Crippen LogP contribution is 2.31. The number of anilines is 1. The number of hydrogen-bond donors (Lipinski definition) is 1. The first-order valence-corrected chi connectivity index (χ1v) is 11.4. The first kappa shape index (κ1) is 24.5. The lowest BCUT2D eigenvalue weighted by Gasteiger charge is -2.20. The largest absolute Gasteiger partial charge is 0.493 e. The Labute approximate surface area is 184 Å². The maximum atomic E-state index is 13.0. The molecule has 0 fully saturated rings. The van der Waals surface area contributed by atoms with Crippen LogP contribution < -0.4 is 19.1 Å². The zero-order valence-electron chi connectivity index (χ0n) is 18.5. The van der Waals surface area contributed by atoms with Gasteiger partial charge in [0.05, 0.1) is 30.9 Å². The number of nitrogens with zero attached hydrogens (tertiary/aromatic N) is 1. The molecule has 0 bridgehead atoms. The second-order valence-corrected chi connectivity index (χ2v) is 9.03. The van der Waals surface area contributed by atoms with E-state index in [0.29, 0.717) is 42.3 Å². The molecule has 2 aromatic carbocycles. The van der Waals surface area contributed by atoms with Crippen molar-refractivity contribution in [1.29, 1.82) is 0 Å². The van der Waals surface area contributed by atoms with Gasteiger partial charge in [-0.3, -0.25) is 9.10 Å². The van der Waals surface area contributed by atoms with E-state index in [2.05, 4.69) is 5.32 Å². The van der Waals surface area contributed by atoms with E-state index >= 15 is 0 Å². The number of ether oxygens (including phenoxy) is 3. The summed E-state index contributed by atoms with van der Waals surface area (Å²) in [4.78, 5) is 12.3. The van der Waals surface area contributed by atoms with E-state index in [1.54, 1.807) is 30.3 Å². The third-order valence-electron chi connectivity index (χ3n) is 4.56. The molecule has 31 heavy (non-hydrogen) atoms. The lowest BCUT2D eigenvalue weighted by Crippen LogP contribution is -2.27. The molecule has 8 nitrogen and oxygen atoms in total. The van der Waals surface area contributed by atoms with Crippen LogP contribution in [0.3, 0.4) is 0 Å². The predicted octanol–water partition coefficient (Wildman–Crippen LogP) is 3.07. The molecule has 0 aliphatic heterocycles. The van der Waals surface area contributed by atoms with Crippen LogP contribution in [0.15, 0.2) is 47.4 Å². The van der Waals surface area contributed by atoms with Crippen LogP contribution in [0.4, 0.5) is 5.69 Å². The Kier molecular flexibility index (Phi) is 8.70. The predicted molar refractivity (Wildman–Crippen MR) is 120 cm³/mol. The molecule has 0 saturated heterocycles. The van der Waals surface area contributed by atoms with Crippen LogP contribution in [-0.4, -0.2) is 54.8 Å². The molecule has 9 heteroatoms. The Hall–Kier alpha value is -2.78. The highest BCUT2D eigenvalue weighted by molar-refractivity contribution is 7.92. The lowest BCUT2D eigenvalue weighted by molar-refractivity contribution is 0.0757. The lowest BCUT2D eigenvalue weighted by atomic mass is 10.2. The highest BCUT2D eigenvalue weighted by atomic mass is 32.2. The SMILES string of the molecule is COc1ccc(S(=O)(=O)N(C)c2ccc(C(=O)NCCCOC(C)C)cc2)cc1OC. The normalized spacial score (nSPS) is 11.3. The van der Waals surface area contributed by atoms with Gasteiger partial charge in [0, 0.05) is 31.8 Å². The van der Waals surface area contributed by atoms with Gasteiger partial charge in [-0.05, 0) is 56.7 Å². The molecule has 2 aromatic rings. The minimum absolute atomic E-state index is 0.0677. The summed E-state index contributed by atoms with van der Waals surface area (Å²) < 4.78 is 43.0. The summed E-state index contributed by atoms with van der Waals surface area (Å²) in [6.45, 7) is 5.00. The van der Waals surface area contributed by atoms with Gasteiger partial charge in [0.2, 0.25) is 0 Å². The number of carbonyl (C=O) groups excluding carboxylic acids is 1. The molecule has 1 amide bonds. The van der Waals surface area contributed by atoms with Crippen LogP contribution in [0.2, 0.25) is 0 Å². The second kappa shape index (κ2) is 11.0. The van der Waals surface area contributed by atoms with Gasteiger partial charge in [0.15, 0.2) is 11.5 Å². The van der Waals surface area contributed by atoms with Crippen LogP contribution in [0.1, 0.15) is 30.6 Å².